The van der Waals surface area contributed by atoms with E-state index in [1.54, 1.807) is 16.9 Å². The number of aromatic nitrogens is 4. The van der Waals surface area contributed by atoms with Crippen LogP contribution in [0.15, 0.2) is 41.3 Å². The molecule has 0 unspecified atom stereocenters. The number of nitrogens with zero attached hydrogens (tertiary/aromatic N) is 5. The molecule has 3 aromatic rings. The van der Waals surface area contributed by atoms with Crippen LogP contribution in [-0.4, -0.2) is 55.8 Å². The summed E-state index contributed by atoms with van der Waals surface area (Å²) in [5.41, 5.74) is 2.88. The molecular weight excluding hydrogens is 444 g/mol. The van der Waals surface area contributed by atoms with Gasteiger partial charge in [0.05, 0.1) is 10.7 Å². The second-order valence-corrected chi connectivity index (χ2v) is 8.00. The van der Waals surface area contributed by atoms with Crippen molar-refractivity contribution in [3.8, 4) is 0 Å². The number of rotatable bonds is 10. The number of aliphatic hydroxyl groups is 1. The van der Waals surface area contributed by atoms with Crippen LogP contribution in [0.5, 0.6) is 0 Å². The highest BCUT2D eigenvalue weighted by atomic mass is 79.9. The van der Waals surface area contributed by atoms with Gasteiger partial charge in [0.15, 0.2) is 5.65 Å². The summed E-state index contributed by atoms with van der Waals surface area (Å²) >= 11 is 3.45. The summed E-state index contributed by atoms with van der Waals surface area (Å²) < 4.78 is 2.67. The molecule has 7 nitrogen and oxygen atoms in total. The highest BCUT2D eigenvalue weighted by Crippen LogP contribution is 2.20. The van der Waals surface area contributed by atoms with E-state index < -0.39 is 0 Å². The summed E-state index contributed by atoms with van der Waals surface area (Å²) in [6, 6.07) is 5.93. The number of aryl methyl sites for hydroxylation is 1. The van der Waals surface area contributed by atoms with Crippen molar-refractivity contribution in [3.63, 3.8) is 0 Å². The summed E-state index contributed by atoms with van der Waals surface area (Å²) in [7, 11) is 0. The number of pyridine rings is 1. The zero-order chi connectivity index (χ0) is 21.8. The van der Waals surface area contributed by atoms with Gasteiger partial charge in [-0.1, -0.05) is 19.9 Å². The van der Waals surface area contributed by atoms with Crippen LogP contribution < -0.4 is 5.32 Å². The highest BCUT2D eigenvalue weighted by Gasteiger charge is 2.08. The van der Waals surface area contributed by atoms with Crippen molar-refractivity contribution >= 4 is 27.4 Å². The number of halogens is 1. The quantitative estimate of drug-likeness (QED) is 0.454. The third-order valence-electron chi connectivity index (χ3n) is 4.47. The Labute approximate surface area is 187 Å². The topological polar surface area (TPSA) is 78.6 Å². The summed E-state index contributed by atoms with van der Waals surface area (Å²) in [5, 5.41) is 16.3. The first-order valence-electron chi connectivity index (χ1n) is 10.6. The average Bonchev–Trinajstić information content (AvgIpc) is 3.12. The Morgan fingerprint density at radius 2 is 1.93 bits per heavy atom. The molecule has 2 N–H and O–H groups in total. The fourth-order valence-corrected chi connectivity index (χ4v) is 3.49. The molecule has 0 aliphatic carbocycles. The first-order valence-corrected chi connectivity index (χ1v) is 11.3. The minimum absolute atomic E-state index is 0.323. The summed E-state index contributed by atoms with van der Waals surface area (Å²) in [5.74, 6) is 0.914. The van der Waals surface area contributed by atoms with Crippen LogP contribution >= 0.6 is 15.9 Å². The van der Waals surface area contributed by atoms with Gasteiger partial charge in [0, 0.05) is 43.9 Å². The van der Waals surface area contributed by atoms with E-state index in [2.05, 4.69) is 55.1 Å². The van der Waals surface area contributed by atoms with Gasteiger partial charge >= 0.3 is 0 Å². The van der Waals surface area contributed by atoms with Gasteiger partial charge in [-0.2, -0.15) is 9.61 Å². The van der Waals surface area contributed by atoms with E-state index in [1.165, 1.54) is 25.9 Å². The standard InChI is InChI=1S/C13H12BrN5.C9H21NO/c1-9-5-12(16-7-10-3-2-4-15-6-10)19-13(18-9)11(14)8-17-19;1-3-6-10(7-4-2)8-5-9-11/h2-6,8,16H,7H2,1H3;11H,3-9H2,1-2H3. The SMILES string of the molecule is CCCN(CCC)CCCO.Cc1cc(NCc2cccnc2)n2ncc(Br)c2n1. The molecule has 0 saturated carbocycles. The molecule has 0 amide bonds. The maximum atomic E-state index is 8.62. The first kappa shape index (κ1) is 24.2. The Bertz CT molecular complexity index is 865. The van der Waals surface area contributed by atoms with E-state index in [1.807, 2.05) is 31.3 Å². The predicted molar refractivity (Wildman–Crippen MR) is 126 cm³/mol. The molecular formula is C22H33BrN6O. The largest absolute Gasteiger partial charge is 0.396 e. The second kappa shape index (κ2) is 13.3. The van der Waals surface area contributed by atoms with E-state index in [9.17, 15) is 0 Å². The zero-order valence-electron chi connectivity index (χ0n) is 18.2. The molecule has 3 rings (SSSR count). The lowest BCUT2D eigenvalue weighted by molar-refractivity contribution is 0.224. The van der Waals surface area contributed by atoms with Crippen molar-refractivity contribution in [2.75, 3.05) is 31.6 Å². The monoisotopic (exact) mass is 476 g/mol. The Balaban J connectivity index is 0.000000252. The molecule has 0 saturated heterocycles. The highest BCUT2D eigenvalue weighted by molar-refractivity contribution is 9.10. The Kier molecular flexibility index (Phi) is 10.8. The molecule has 30 heavy (non-hydrogen) atoms. The third-order valence-corrected chi connectivity index (χ3v) is 5.02. The number of nitrogens with one attached hydrogen (secondary N) is 1. The lowest BCUT2D eigenvalue weighted by Gasteiger charge is -2.19. The Morgan fingerprint density at radius 3 is 2.57 bits per heavy atom. The van der Waals surface area contributed by atoms with Crippen LogP contribution in [0.4, 0.5) is 5.82 Å². The molecule has 0 atom stereocenters. The van der Waals surface area contributed by atoms with Gasteiger partial charge in [0.1, 0.15) is 5.82 Å². The molecule has 8 heteroatoms. The maximum absolute atomic E-state index is 8.62. The summed E-state index contributed by atoms with van der Waals surface area (Å²) in [6.07, 6.45) is 8.70. The average molecular weight is 477 g/mol. The van der Waals surface area contributed by atoms with Gasteiger partial charge < -0.3 is 15.3 Å². The predicted octanol–water partition coefficient (Wildman–Crippen LogP) is 4.30. The van der Waals surface area contributed by atoms with Crippen LogP contribution in [0.1, 0.15) is 44.4 Å². The van der Waals surface area contributed by atoms with Crippen molar-refractivity contribution < 1.29 is 5.11 Å². The van der Waals surface area contributed by atoms with Gasteiger partial charge in [-0.3, -0.25) is 4.98 Å². The van der Waals surface area contributed by atoms with Crippen LogP contribution in [0.3, 0.4) is 0 Å². The fraction of sp³-hybridized carbons (Fsp3) is 0.500. The van der Waals surface area contributed by atoms with E-state index >= 15 is 0 Å². The van der Waals surface area contributed by atoms with E-state index in [-0.39, 0.29) is 0 Å². The van der Waals surface area contributed by atoms with Crippen LogP contribution in [0.2, 0.25) is 0 Å². The number of hydrogen-bond donors (Lipinski definition) is 2. The third kappa shape index (κ3) is 7.66. The maximum Gasteiger partial charge on any atom is 0.171 e. The first-order chi connectivity index (χ1) is 14.6. The Hall–Kier alpha value is -2.03. The van der Waals surface area contributed by atoms with E-state index in [4.69, 9.17) is 5.11 Å². The van der Waals surface area contributed by atoms with Crippen LogP contribution in [-0.2, 0) is 6.54 Å². The van der Waals surface area contributed by atoms with Gasteiger partial charge in [-0.25, -0.2) is 4.98 Å². The molecule has 0 spiro atoms. The van der Waals surface area contributed by atoms with Gasteiger partial charge in [0.2, 0.25) is 0 Å². The summed E-state index contributed by atoms with van der Waals surface area (Å²) in [6.45, 7) is 10.8. The smallest absolute Gasteiger partial charge is 0.171 e. The molecule has 164 valence electrons. The van der Waals surface area contributed by atoms with Crippen molar-refractivity contribution in [2.45, 2.75) is 46.6 Å². The normalized spacial score (nSPS) is 10.9. The number of anilines is 1. The lowest BCUT2D eigenvalue weighted by Crippen LogP contribution is -2.27. The molecule has 0 aliphatic rings. The van der Waals surface area contributed by atoms with Gasteiger partial charge in [0.25, 0.3) is 0 Å². The van der Waals surface area contributed by atoms with Gasteiger partial charge in [-0.05, 0) is 66.8 Å². The minimum atomic E-state index is 0.323. The molecule has 0 fully saturated rings. The molecule has 0 radical (unpaired) electrons. The van der Waals surface area contributed by atoms with Crippen molar-refractivity contribution in [2.24, 2.45) is 0 Å². The number of hydrogen-bond acceptors (Lipinski definition) is 6. The summed E-state index contributed by atoms with van der Waals surface area (Å²) in [4.78, 5) is 11.0. The van der Waals surface area contributed by atoms with E-state index in [0.717, 1.165) is 40.2 Å². The molecule has 3 heterocycles. The molecule has 0 aromatic carbocycles. The van der Waals surface area contributed by atoms with Crippen LogP contribution in [0, 0.1) is 6.92 Å². The Morgan fingerprint density at radius 1 is 1.17 bits per heavy atom. The molecule has 0 aliphatic heterocycles. The minimum Gasteiger partial charge on any atom is -0.396 e. The van der Waals surface area contributed by atoms with Gasteiger partial charge in [-0.15, -0.1) is 0 Å². The van der Waals surface area contributed by atoms with E-state index in [0.29, 0.717) is 13.2 Å². The zero-order valence-corrected chi connectivity index (χ0v) is 19.8. The number of fused-ring (bicyclic) bond motifs is 1. The van der Waals surface area contributed by atoms with Crippen molar-refractivity contribution in [1.82, 2.24) is 24.5 Å². The van der Waals surface area contributed by atoms with Crippen molar-refractivity contribution in [1.29, 1.82) is 0 Å². The second-order valence-electron chi connectivity index (χ2n) is 7.14. The van der Waals surface area contributed by atoms with Crippen molar-refractivity contribution in [3.05, 3.63) is 52.5 Å². The van der Waals surface area contributed by atoms with Crippen LogP contribution in [0.25, 0.3) is 5.65 Å². The fourth-order valence-electron chi connectivity index (χ4n) is 3.14. The lowest BCUT2D eigenvalue weighted by atomic mass is 10.3. The molecule has 3 aromatic heterocycles. The molecule has 0 bridgehead atoms. The number of aliphatic hydroxyl groups excluding tert-OH is 1.